The van der Waals surface area contributed by atoms with E-state index in [1.54, 1.807) is 0 Å². The molecule has 2 aliphatic rings. The van der Waals surface area contributed by atoms with E-state index in [-0.39, 0.29) is 5.41 Å². The summed E-state index contributed by atoms with van der Waals surface area (Å²) < 4.78 is 6.12. The zero-order valence-corrected chi connectivity index (χ0v) is 18.1. The monoisotopic (exact) mass is 386 g/mol. The fourth-order valence-corrected chi connectivity index (χ4v) is 4.55. The van der Waals surface area contributed by atoms with Gasteiger partial charge in [-0.1, -0.05) is 39.0 Å². The Kier molecular flexibility index (Phi) is 7.22. The predicted octanol–water partition coefficient (Wildman–Crippen LogP) is 3.66. The molecule has 1 aromatic rings. The van der Waals surface area contributed by atoms with Crippen LogP contribution in [0.25, 0.3) is 0 Å². The first kappa shape index (κ1) is 21.0. The summed E-state index contributed by atoms with van der Waals surface area (Å²) in [5.41, 5.74) is 1.50. The summed E-state index contributed by atoms with van der Waals surface area (Å²) in [6.07, 6.45) is 4.95. The first-order chi connectivity index (χ1) is 13.5. The Morgan fingerprint density at radius 2 is 1.86 bits per heavy atom. The van der Waals surface area contributed by atoms with E-state index >= 15 is 0 Å². The van der Waals surface area contributed by atoms with Crippen molar-refractivity contribution >= 4 is 11.6 Å². The molecule has 0 radical (unpaired) electrons. The average Bonchev–Trinajstić information content (AvgIpc) is 2.72. The molecular formula is C23H38N4O. The van der Waals surface area contributed by atoms with E-state index in [2.05, 4.69) is 71.6 Å². The Labute approximate surface area is 170 Å². The highest BCUT2D eigenvalue weighted by atomic mass is 16.5. The molecule has 2 unspecified atom stereocenters. The smallest absolute Gasteiger partial charge is 0.191 e. The number of nitrogens with one attached hydrogen (secondary N) is 2. The molecule has 2 atom stereocenters. The Balaban J connectivity index is 1.46. The van der Waals surface area contributed by atoms with Crippen molar-refractivity contribution in [1.29, 1.82) is 0 Å². The van der Waals surface area contributed by atoms with Gasteiger partial charge in [-0.2, -0.15) is 0 Å². The number of rotatable bonds is 4. The van der Waals surface area contributed by atoms with E-state index in [4.69, 9.17) is 4.74 Å². The molecule has 2 N–H and O–H groups in total. The van der Waals surface area contributed by atoms with Gasteiger partial charge in [-0.05, 0) is 43.2 Å². The van der Waals surface area contributed by atoms with E-state index in [0.29, 0.717) is 18.1 Å². The van der Waals surface area contributed by atoms with Gasteiger partial charge in [0.05, 0.1) is 6.10 Å². The van der Waals surface area contributed by atoms with Gasteiger partial charge in [-0.25, -0.2) is 0 Å². The summed E-state index contributed by atoms with van der Waals surface area (Å²) in [6, 6.07) is 11.2. The van der Waals surface area contributed by atoms with Crippen molar-refractivity contribution in [2.24, 2.45) is 16.3 Å². The zero-order chi connectivity index (χ0) is 20.0. The summed E-state index contributed by atoms with van der Waals surface area (Å²) >= 11 is 0. The summed E-state index contributed by atoms with van der Waals surface area (Å²) in [6.45, 7) is 10.8. The van der Waals surface area contributed by atoms with Crippen LogP contribution < -0.4 is 15.5 Å². The number of hydrogen-bond acceptors (Lipinski definition) is 3. The molecule has 0 bridgehead atoms. The molecule has 156 valence electrons. The second kappa shape index (κ2) is 9.64. The minimum Gasteiger partial charge on any atom is -0.377 e. The molecule has 0 aromatic heterocycles. The Bertz CT molecular complexity index is 617. The molecule has 0 amide bonds. The van der Waals surface area contributed by atoms with Gasteiger partial charge in [0.2, 0.25) is 0 Å². The Morgan fingerprint density at radius 1 is 1.14 bits per heavy atom. The van der Waals surface area contributed by atoms with Gasteiger partial charge < -0.3 is 20.3 Å². The highest BCUT2D eigenvalue weighted by Crippen LogP contribution is 2.33. The van der Waals surface area contributed by atoms with Crippen LogP contribution in [0.15, 0.2) is 35.3 Å². The number of hydrogen-bond donors (Lipinski definition) is 2. The predicted molar refractivity (Wildman–Crippen MR) is 118 cm³/mol. The molecule has 5 nitrogen and oxygen atoms in total. The SMILES string of the molecule is CN=C(NCC1CCCOC1C(C)(C)C)NC1CCN(c2ccccc2)CC1. The van der Waals surface area contributed by atoms with E-state index in [9.17, 15) is 0 Å². The minimum atomic E-state index is 0.175. The lowest BCUT2D eigenvalue weighted by Gasteiger charge is -2.40. The number of nitrogens with zero attached hydrogens (tertiary/aromatic N) is 2. The van der Waals surface area contributed by atoms with Gasteiger partial charge in [0.15, 0.2) is 5.96 Å². The maximum atomic E-state index is 6.12. The van der Waals surface area contributed by atoms with Crippen LogP contribution >= 0.6 is 0 Å². The topological polar surface area (TPSA) is 48.9 Å². The fourth-order valence-electron chi connectivity index (χ4n) is 4.55. The van der Waals surface area contributed by atoms with Crippen LogP contribution in [-0.4, -0.2) is 51.4 Å². The van der Waals surface area contributed by atoms with Gasteiger partial charge in [0, 0.05) is 50.9 Å². The molecule has 5 heteroatoms. The third-order valence-corrected chi connectivity index (χ3v) is 6.01. The van der Waals surface area contributed by atoms with Crippen molar-refractivity contribution < 1.29 is 4.74 Å². The van der Waals surface area contributed by atoms with Crippen LogP contribution in [0.3, 0.4) is 0 Å². The van der Waals surface area contributed by atoms with Gasteiger partial charge in [-0.3, -0.25) is 4.99 Å². The lowest BCUT2D eigenvalue weighted by molar-refractivity contribution is -0.0835. The van der Waals surface area contributed by atoms with E-state index in [0.717, 1.165) is 51.5 Å². The number of benzene rings is 1. The van der Waals surface area contributed by atoms with E-state index in [1.165, 1.54) is 12.1 Å². The van der Waals surface area contributed by atoms with Crippen LogP contribution in [0.2, 0.25) is 0 Å². The van der Waals surface area contributed by atoms with Gasteiger partial charge in [0.25, 0.3) is 0 Å². The number of piperidine rings is 1. The van der Waals surface area contributed by atoms with Crippen LogP contribution in [0.5, 0.6) is 0 Å². The summed E-state index contributed by atoms with van der Waals surface area (Å²) in [4.78, 5) is 6.94. The summed E-state index contributed by atoms with van der Waals surface area (Å²) in [5, 5.41) is 7.22. The standard InChI is InChI=1S/C23H38N4O/c1-23(2,3)21-18(9-8-16-28-21)17-25-22(24-4)26-19-12-14-27(15-13-19)20-10-6-5-7-11-20/h5-7,10-11,18-19,21H,8-9,12-17H2,1-4H3,(H2,24,25,26). The highest BCUT2D eigenvalue weighted by molar-refractivity contribution is 5.80. The van der Waals surface area contributed by atoms with E-state index < -0.39 is 0 Å². The molecule has 2 aliphatic heterocycles. The molecule has 2 heterocycles. The molecule has 2 saturated heterocycles. The average molecular weight is 387 g/mol. The maximum Gasteiger partial charge on any atom is 0.191 e. The van der Waals surface area contributed by atoms with Crippen LogP contribution in [-0.2, 0) is 4.74 Å². The van der Waals surface area contributed by atoms with Crippen molar-refractivity contribution in [2.45, 2.75) is 58.6 Å². The van der Waals surface area contributed by atoms with Gasteiger partial charge in [-0.15, -0.1) is 0 Å². The summed E-state index contributed by atoms with van der Waals surface area (Å²) in [7, 11) is 1.87. The lowest BCUT2D eigenvalue weighted by Crippen LogP contribution is -2.51. The van der Waals surface area contributed by atoms with Crippen molar-refractivity contribution in [2.75, 3.05) is 38.2 Å². The summed E-state index contributed by atoms with van der Waals surface area (Å²) in [5.74, 6) is 1.46. The van der Waals surface area contributed by atoms with Crippen molar-refractivity contribution in [3.63, 3.8) is 0 Å². The molecule has 28 heavy (non-hydrogen) atoms. The molecular weight excluding hydrogens is 348 g/mol. The Hall–Kier alpha value is -1.75. The van der Waals surface area contributed by atoms with Crippen molar-refractivity contribution in [3.05, 3.63) is 30.3 Å². The first-order valence-corrected chi connectivity index (χ1v) is 10.9. The molecule has 0 saturated carbocycles. The fraction of sp³-hybridized carbons (Fsp3) is 0.696. The molecule has 2 fully saturated rings. The molecule has 3 rings (SSSR count). The highest BCUT2D eigenvalue weighted by Gasteiger charge is 2.35. The number of guanidine groups is 1. The minimum absolute atomic E-state index is 0.175. The second-order valence-corrected chi connectivity index (χ2v) is 9.25. The maximum absolute atomic E-state index is 6.12. The van der Waals surface area contributed by atoms with Crippen LogP contribution in [0, 0.1) is 11.3 Å². The zero-order valence-electron chi connectivity index (χ0n) is 18.1. The molecule has 0 aliphatic carbocycles. The largest absolute Gasteiger partial charge is 0.377 e. The Morgan fingerprint density at radius 3 is 2.50 bits per heavy atom. The van der Waals surface area contributed by atoms with Crippen molar-refractivity contribution in [3.8, 4) is 0 Å². The van der Waals surface area contributed by atoms with Crippen molar-refractivity contribution in [1.82, 2.24) is 10.6 Å². The number of ether oxygens (including phenoxy) is 1. The normalized spacial score (nSPS) is 24.9. The second-order valence-electron chi connectivity index (χ2n) is 9.25. The third-order valence-electron chi connectivity index (χ3n) is 6.01. The van der Waals surface area contributed by atoms with Gasteiger partial charge in [0.1, 0.15) is 0 Å². The van der Waals surface area contributed by atoms with Crippen LogP contribution in [0.4, 0.5) is 5.69 Å². The number of para-hydroxylation sites is 1. The number of aliphatic imine (C=N–C) groups is 1. The quantitative estimate of drug-likeness (QED) is 0.612. The third kappa shape index (κ3) is 5.63. The lowest BCUT2D eigenvalue weighted by atomic mass is 9.78. The number of anilines is 1. The van der Waals surface area contributed by atoms with Crippen LogP contribution in [0.1, 0.15) is 46.5 Å². The van der Waals surface area contributed by atoms with Gasteiger partial charge >= 0.3 is 0 Å². The molecule has 0 spiro atoms. The van der Waals surface area contributed by atoms with E-state index in [1.807, 2.05) is 7.05 Å². The molecule has 1 aromatic carbocycles. The first-order valence-electron chi connectivity index (χ1n) is 10.9.